The average Bonchev–Trinajstić information content (AvgIpc) is 2.85. The molecule has 0 aromatic heterocycles. The van der Waals surface area contributed by atoms with Gasteiger partial charge in [0.1, 0.15) is 0 Å². The topological polar surface area (TPSA) is 37.3 Å². The van der Waals surface area contributed by atoms with Gasteiger partial charge in [-0.3, -0.25) is 4.79 Å². The van der Waals surface area contributed by atoms with E-state index in [1.165, 1.54) is 89.9 Å². The lowest BCUT2D eigenvalue weighted by Gasteiger charge is -2.60. The molecule has 1 N–H and O–H groups in total. The van der Waals surface area contributed by atoms with Gasteiger partial charge in [-0.05, 0) is 55.8 Å². The zero-order valence-electron chi connectivity index (χ0n) is 25.4. The number of unbranched alkanes of at least 4 members (excludes halogenated alkanes) is 10. The van der Waals surface area contributed by atoms with Crippen LogP contribution in [0.4, 0.5) is 0 Å². The van der Waals surface area contributed by atoms with Crippen molar-refractivity contribution in [3.8, 4) is 0 Å². The summed E-state index contributed by atoms with van der Waals surface area (Å²) < 4.78 is 0. The Kier molecular flexibility index (Phi) is 19.3. The van der Waals surface area contributed by atoms with E-state index in [-0.39, 0.29) is 10.8 Å². The maximum Gasteiger partial charge on any atom is 0.310 e. The first kappa shape index (κ1) is 34.5. The molecule has 2 heteroatoms. The van der Waals surface area contributed by atoms with Gasteiger partial charge in [0.25, 0.3) is 0 Å². The number of carboxylic acid groups (broad SMARTS) is 1. The molecule has 35 heavy (non-hydrogen) atoms. The van der Waals surface area contributed by atoms with Gasteiger partial charge in [0.05, 0.1) is 5.41 Å². The van der Waals surface area contributed by atoms with Gasteiger partial charge in [-0.25, -0.2) is 0 Å². The second-order valence-electron chi connectivity index (χ2n) is 11.7. The number of hydrogen-bond acceptors (Lipinski definition) is 1. The van der Waals surface area contributed by atoms with Crippen molar-refractivity contribution in [3.63, 3.8) is 0 Å². The molecule has 210 valence electrons. The van der Waals surface area contributed by atoms with Crippen LogP contribution in [0.2, 0.25) is 0 Å². The Morgan fingerprint density at radius 2 is 0.829 bits per heavy atom. The number of carbonyl (C=O) groups is 1. The van der Waals surface area contributed by atoms with Crippen molar-refractivity contribution in [2.45, 2.75) is 190 Å². The first-order chi connectivity index (χ1) is 16.9. The molecule has 0 aliphatic carbocycles. The monoisotopic (exact) mass is 495 g/mol. The first-order valence-electron chi connectivity index (χ1n) is 16.1. The molecule has 0 aliphatic rings. The highest BCUT2D eigenvalue weighted by molar-refractivity contribution is 5.76. The highest BCUT2D eigenvalue weighted by Crippen LogP contribution is 2.66. The molecule has 0 aromatic carbocycles. The van der Waals surface area contributed by atoms with Gasteiger partial charge in [0.2, 0.25) is 0 Å². The van der Waals surface area contributed by atoms with Crippen LogP contribution in [0.3, 0.4) is 0 Å². The van der Waals surface area contributed by atoms with Crippen LogP contribution in [-0.4, -0.2) is 11.1 Å². The Morgan fingerprint density at radius 3 is 1.11 bits per heavy atom. The first-order valence-corrected chi connectivity index (χ1v) is 16.1. The summed E-state index contributed by atoms with van der Waals surface area (Å²) in [6, 6.07) is 0. The molecule has 1 unspecified atom stereocenters. The summed E-state index contributed by atoms with van der Waals surface area (Å²) in [4.78, 5) is 13.6. The molecule has 0 aliphatic heterocycles. The summed E-state index contributed by atoms with van der Waals surface area (Å²) in [5.74, 6) is -0.479. The molecule has 0 saturated heterocycles. The minimum absolute atomic E-state index is 0.102. The lowest BCUT2D eigenvalue weighted by molar-refractivity contribution is -0.182. The smallest absolute Gasteiger partial charge is 0.310 e. The fourth-order valence-corrected chi connectivity index (χ4v) is 7.61. The molecular formula is C33H66O2. The van der Waals surface area contributed by atoms with E-state index in [0.717, 1.165) is 51.4 Å². The fraction of sp³-hybridized carbons (Fsp3) is 0.970. The Labute approximate surface area is 221 Å². The lowest BCUT2D eigenvalue weighted by atomic mass is 9.42. The zero-order valence-corrected chi connectivity index (χ0v) is 25.4. The van der Waals surface area contributed by atoms with E-state index in [9.17, 15) is 9.90 Å². The van der Waals surface area contributed by atoms with Crippen molar-refractivity contribution in [2.75, 3.05) is 0 Å². The van der Waals surface area contributed by atoms with Gasteiger partial charge in [-0.15, -0.1) is 0 Å². The maximum absolute atomic E-state index is 13.6. The van der Waals surface area contributed by atoms with Gasteiger partial charge in [0.15, 0.2) is 0 Å². The molecule has 0 bridgehead atoms. The van der Waals surface area contributed by atoms with Crippen molar-refractivity contribution < 1.29 is 9.90 Å². The van der Waals surface area contributed by atoms with Gasteiger partial charge in [0, 0.05) is 0 Å². The third-order valence-corrected chi connectivity index (χ3v) is 9.76. The highest BCUT2D eigenvalue weighted by atomic mass is 16.4. The Balaban J connectivity index is 7.05. The van der Waals surface area contributed by atoms with Crippen LogP contribution in [0.15, 0.2) is 0 Å². The molecule has 2 nitrogen and oxygen atoms in total. The quantitative estimate of drug-likeness (QED) is 0.128. The van der Waals surface area contributed by atoms with Crippen molar-refractivity contribution >= 4 is 5.97 Å². The van der Waals surface area contributed by atoms with E-state index in [2.05, 4.69) is 48.5 Å². The largest absolute Gasteiger partial charge is 0.481 e. The fourth-order valence-electron chi connectivity index (χ4n) is 7.61. The predicted molar refractivity (Wildman–Crippen MR) is 156 cm³/mol. The summed E-state index contributed by atoms with van der Waals surface area (Å²) in [5, 5.41) is 11.2. The van der Waals surface area contributed by atoms with Crippen LogP contribution >= 0.6 is 0 Å². The van der Waals surface area contributed by atoms with Crippen LogP contribution in [-0.2, 0) is 4.79 Å². The Bertz CT molecular complexity index is 491. The second kappa shape index (κ2) is 19.6. The van der Waals surface area contributed by atoms with Gasteiger partial charge in [-0.2, -0.15) is 0 Å². The summed E-state index contributed by atoms with van der Waals surface area (Å²) in [7, 11) is 0. The van der Waals surface area contributed by atoms with Gasteiger partial charge in [-0.1, -0.05) is 145 Å². The molecule has 1 atom stereocenters. The highest BCUT2D eigenvalue weighted by Gasteiger charge is 2.62. The molecule has 0 aromatic rings. The van der Waals surface area contributed by atoms with E-state index < -0.39 is 11.4 Å². The average molecular weight is 495 g/mol. The molecule has 0 rings (SSSR count). The van der Waals surface area contributed by atoms with Crippen LogP contribution in [0.5, 0.6) is 0 Å². The van der Waals surface area contributed by atoms with E-state index in [1.54, 1.807) is 0 Å². The van der Waals surface area contributed by atoms with E-state index in [1.807, 2.05) is 0 Å². The van der Waals surface area contributed by atoms with E-state index >= 15 is 0 Å². The van der Waals surface area contributed by atoms with Crippen molar-refractivity contribution in [1.29, 1.82) is 0 Å². The van der Waals surface area contributed by atoms with Crippen LogP contribution < -0.4 is 0 Å². The van der Waals surface area contributed by atoms with Crippen LogP contribution in [0.1, 0.15) is 190 Å². The normalized spacial score (nSPS) is 14.3. The molecular weight excluding hydrogens is 428 g/mol. The maximum atomic E-state index is 13.6. The summed E-state index contributed by atoms with van der Waals surface area (Å²) in [5.41, 5.74) is -0.563. The summed E-state index contributed by atoms with van der Waals surface area (Å²) in [6.45, 7) is 16.1. The minimum Gasteiger partial charge on any atom is -0.481 e. The summed E-state index contributed by atoms with van der Waals surface area (Å²) in [6.07, 6.45) is 25.6. The van der Waals surface area contributed by atoms with Crippen molar-refractivity contribution in [3.05, 3.63) is 0 Å². The zero-order chi connectivity index (χ0) is 26.6. The number of carboxylic acids is 1. The predicted octanol–water partition coefficient (Wildman–Crippen LogP) is 11.8. The minimum atomic E-state index is -0.599. The molecule has 0 saturated carbocycles. The number of hydrogen-bond donors (Lipinski definition) is 1. The van der Waals surface area contributed by atoms with Gasteiger partial charge < -0.3 is 5.11 Å². The van der Waals surface area contributed by atoms with E-state index in [0.29, 0.717) is 0 Å². The van der Waals surface area contributed by atoms with Crippen molar-refractivity contribution in [2.24, 2.45) is 16.2 Å². The third-order valence-electron chi connectivity index (χ3n) is 9.76. The van der Waals surface area contributed by atoms with Gasteiger partial charge >= 0.3 is 5.97 Å². The Morgan fingerprint density at radius 1 is 0.486 bits per heavy atom. The SMILES string of the molecule is CCCCCC(CC)(CCCCC)C(CCCCC)(CCCCC)C(CC)(CCCCC)C(=O)O. The molecule has 0 radical (unpaired) electrons. The summed E-state index contributed by atoms with van der Waals surface area (Å²) >= 11 is 0. The number of aliphatic carboxylic acids is 1. The standard InChI is InChI=1S/C33H66O2/c1-8-15-20-25-31(13-6,26-21-16-9-2)33(28-23-18-11-4,29-24-19-12-5)32(14-7,30(34)35)27-22-17-10-3/h8-29H2,1-7H3,(H,34,35). The Hall–Kier alpha value is -0.530. The van der Waals surface area contributed by atoms with Crippen LogP contribution in [0.25, 0.3) is 0 Å². The number of rotatable bonds is 25. The lowest BCUT2D eigenvalue weighted by Crippen LogP contribution is -2.57. The van der Waals surface area contributed by atoms with Crippen molar-refractivity contribution in [1.82, 2.24) is 0 Å². The van der Waals surface area contributed by atoms with E-state index in [4.69, 9.17) is 0 Å². The molecule has 0 heterocycles. The molecule has 0 spiro atoms. The third kappa shape index (κ3) is 9.37. The molecule has 0 amide bonds. The van der Waals surface area contributed by atoms with Crippen LogP contribution in [0, 0.1) is 16.2 Å². The molecule has 0 fully saturated rings. The second-order valence-corrected chi connectivity index (χ2v) is 11.7.